The molecule has 1 atom stereocenters. The van der Waals surface area contributed by atoms with Crippen molar-refractivity contribution in [3.8, 4) is 0 Å². The van der Waals surface area contributed by atoms with Crippen molar-refractivity contribution in [3.63, 3.8) is 0 Å². The molecule has 0 aliphatic heterocycles. The summed E-state index contributed by atoms with van der Waals surface area (Å²) in [4.78, 5) is 0. The first-order valence-corrected chi connectivity index (χ1v) is 4.42. The number of methoxy groups -OCH3 is 1. The van der Waals surface area contributed by atoms with Gasteiger partial charge in [0.15, 0.2) is 0 Å². The van der Waals surface area contributed by atoms with Crippen molar-refractivity contribution in [2.45, 2.75) is 34.6 Å². The summed E-state index contributed by atoms with van der Waals surface area (Å²) in [6.07, 6.45) is 1.88. The molecule has 0 rings (SSSR count). The molecule has 1 nitrogen and oxygen atoms in total. The van der Waals surface area contributed by atoms with E-state index < -0.39 is 0 Å². The maximum absolute atomic E-state index is 4.82. The van der Waals surface area contributed by atoms with Crippen LogP contribution >= 0.6 is 0 Å². The number of hydrogen-bond donors (Lipinski definition) is 0. The van der Waals surface area contributed by atoms with Crippen LogP contribution in [0.1, 0.15) is 34.6 Å². The van der Waals surface area contributed by atoms with Gasteiger partial charge in [-0.2, -0.15) is 0 Å². The van der Waals surface area contributed by atoms with Gasteiger partial charge >= 0.3 is 0 Å². The summed E-state index contributed by atoms with van der Waals surface area (Å²) in [5, 5.41) is 0. The van der Waals surface area contributed by atoms with Gasteiger partial charge in [0.05, 0.1) is 6.61 Å². The molecule has 0 bridgehead atoms. The fourth-order valence-corrected chi connectivity index (χ4v) is 0.331. The van der Waals surface area contributed by atoms with Crippen molar-refractivity contribution < 1.29 is 4.74 Å². The monoisotopic (exact) mass is 160 g/mol. The van der Waals surface area contributed by atoms with Crippen LogP contribution in [0.3, 0.4) is 0 Å². The van der Waals surface area contributed by atoms with Crippen LogP contribution in [0.4, 0.5) is 0 Å². The van der Waals surface area contributed by atoms with Gasteiger partial charge in [0.2, 0.25) is 0 Å². The highest BCUT2D eigenvalue weighted by molar-refractivity contribution is 4.73. The van der Waals surface area contributed by atoms with Crippen LogP contribution in [0.2, 0.25) is 0 Å². The van der Waals surface area contributed by atoms with Gasteiger partial charge in [-0.15, -0.1) is 6.58 Å². The van der Waals surface area contributed by atoms with E-state index in [1.165, 1.54) is 0 Å². The topological polar surface area (TPSA) is 9.23 Å². The SMILES string of the molecule is C=CC(C)COC.CC.CC. The zero-order valence-electron chi connectivity index (χ0n) is 8.98. The maximum atomic E-state index is 4.82. The second-order valence-corrected chi connectivity index (χ2v) is 1.67. The third-order valence-corrected chi connectivity index (χ3v) is 0.832. The minimum absolute atomic E-state index is 0.491. The van der Waals surface area contributed by atoms with E-state index in [9.17, 15) is 0 Å². The smallest absolute Gasteiger partial charge is 0.0522 e. The second-order valence-electron chi connectivity index (χ2n) is 1.67. The summed E-state index contributed by atoms with van der Waals surface area (Å²) < 4.78 is 4.82. The lowest BCUT2D eigenvalue weighted by Crippen LogP contribution is -1.97. The normalized spacial score (nSPS) is 9.64. The Morgan fingerprint density at radius 2 is 1.64 bits per heavy atom. The van der Waals surface area contributed by atoms with Crippen molar-refractivity contribution in [2.75, 3.05) is 13.7 Å². The van der Waals surface area contributed by atoms with E-state index in [0.717, 1.165) is 6.61 Å². The highest BCUT2D eigenvalue weighted by atomic mass is 16.5. The van der Waals surface area contributed by atoms with Gasteiger partial charge in [0.25, 0.3) is 0 Å². The predicted octanol–water partition coefficient (Wildman–Crippen LogP) is 3.51. The van der Waals surface area contributed by atoms with E-state index in [1.807, 2.05) is 33.8 Å². The van der Waals surface area contributed by atoms with Gasteiger partial charge in [-0.1, -0.05) is 40.7 Å². The Bertz CT molecular complexity index is 50.8. The van der Waals surface area contributed by atoms with Crippen LogP contribution in [0.25, 0.3) is 0 Å². The van der Waals surface area contributed by atoms with Gasteiger partial charge in [0, 0.05) is 7.11 Å². The summed E-state index contributed by atoms with van der Waals surface area (Å²) in [6.45, 7) is 14.4. The Morgan fingerprint density at radius 1 is 1.27 bits per heavy atom. The molecule has 0 N–H and O–H groups in total. The fourth-order valence-electron chi connectivity index (χ4n) is 0.331. The summed E-state index contributed by atoms with van der Waals surface area (Å²) in [5.74, 6) is 0.491. The predicted molar refractivity (Wildman–Crippen MR) is 53.9 cm³/mol. The average molecular weight is 160 g/mol. The first-order chi connectivity index (χ1) is 5.31. The van der Waals surface area contributed by atoms with E-state index in [-0.39, 0.29) is 0 Å². The molecule has 70 valence electrons. The van der Waals surface area contributed by atoms with Crippen molar-refractivity contribution in [1.29, 1.82) is 0 Å². The first kappa shape index (κ1) is 17.0. The highest BCUT2D eigenvalue weighted by Crippen LogP contribution is 1.92. The molecule has 1 heteroatoms. The Morgan fingerprint density at radius 3 is 1.73 bits per heavy atom. The zero-order chi connectivity index (χ0) is 9.70. The van der Waals surface area contributed by atoms with E-state index in [2.05, 4.69) is 13.5 Å². The molecule has 0 aliphatic rings. The molecule has 0 aromatic heterocycles. The van der Waals surface area contributed by atoms with Gasteiger partial charge < -0.3 is 4.74 Å². The molecule has 0 radical (unpaired) electrons. The largest absolute Gasteiger partial charge is 0.384 e. The molecule has 0 heterocycles. The third kappa shape index (κ3) is 26.0. The van der Waals surface area contributed by atoms with Crippen LogP contribution in [0.15, 0.2) is 12.7 Å². The minimum atomic E-state index is 0.491. The molecule has 0 aliphatic carbocycles. The summed E-state index contributed by atoms with van der Waals surface area (Å²) >= 11 is 0. The zero-order valence-corrected chi connectivity index (χ0v) is 8.98. The standard InChI is InChI=1S/C6H12O.2C2H6/c1-4-6(2)5-7-3;2*1-2/h4,6H,1,5H2,2-3H3;2*1-2H3. The molecule has 0 aromatic rings. The van der Waals surface area contributed by atoms with Crippen LogP contribution in [0.5, 0.6) is 0 Å². The van der Waals surface area contributed by atoms with Crippen LogP contribution in [-0.4, -0.2) is 13.7 Å². The molecule has 11 heavy (non-hydrogen) atoms. The van der Waals surface area contributed by atoms with Crippen LogP contribution < -0.4 is 0 Å². The number of hydrogen-bond acceptors (Lipinski definition) is 1. The van der Waals surface area contributed by atoms with Crippen molar-refractivity contribution in [3.05, 3.63) is 12.7 Å². The van der Waals surface area contributed by atoms with E-state index in [4.69, 9.17) is 4.74 Å². The Balaban J connectivity index is -0.000000138. The van der Waals surface area contributed by atoms with Gasteiger partial charge in [0.1, 0.15) is 0 Å². The van der Waals surface area contributed by atoms with Crippen LogP contribution in [-0.2, 0) is 4.74 Å². The lowest BCUT2D eigenvalue weighted by Gasteiger charge is -1.99. The molecular weight excluding hydrogens is 136 g/mol. The first-order valence-electron chi connectivity index (χ1n) is 4.42. The molecule has 0 fully saturated rings. The quantitative estimate of drug-likeness (QED) is 0.574. The Kier molecular flexibility index (Phi) is 34.9. The van der Waals surface area contributed by atoms with E-state index in [0.29, 0.717) is 5.92 Å². The molecule has 0 saturated carbocycles. The Labute approximate surface area is 72.5 Å². The molecular formula is C10H24O. The molecule has 1 unspecified atom stereocenters. The Hall–Kier alpha value is -0.300. The number of ether oxygens (including phenoxy) is 1. The molecule has 0 saturated heterocycles. The van der Waals surface area contributed by atoms with Crippen molar-refractivity contribution in [2.24, 2.45) is 5.92 Å². The number of rotatable bonds is 3. The minimum Gasteiger partial charge on any atom is -0.384 e. The second kappa shape index (κ2) is 22.6. The lowest BCUT2D eigenvalue weighted by molar-refractivity contribution is 0.176. The van der Waals surface area contributed by atoms with Gasteiger partial charge in [-0.05, 0) is 5.92 Å². The van der Waals surface area contributed by atoms with Crippen molar-refractivity contribution >= 4 is 0 Å². The average Bonchev–Trinajstić information content (AvgIpc) is 2.12. The summed E-state index contributed by atoms with van der Waals surface area (Å²) in [7, 11) is 1.69. The fraction of sp³-hybridized carbons (Fsp3) is 0.800. The van der Waals surface area contributed by atoms with Crippen molar-refractivity contribution in [1.82, 2.24) is 0 Å². The van der Waals surface area contributed by atoms with E-state index in [1.54, 1.807) is 7.11 Å². The van der Waals surface area contributed by atoms with Gasteiger partial charge in [-0.3, -0.25) is 0 Å². The van der Waals surface area contributed by atoms with Gasteiger partial charge in [-0.25, -0.2) is 0 Å². The molecule has 0 amide bonds. The molecule has 0 spiro atoms. The summed E-state index contributed by atoms with van der Waals surface area (Å²) in [5.41, 5.74) is 0. The maximum Gasteiger partial charge on any atom is 0.0522 e. The van der Waals surface area contributed by atoms with E-state index >= 15 is 0 Å². The lowest BCUT2D eigenvalue weighted by atomic mass is 10.2. The molecule has 0 aromatic carbocycles. The summed E-state index contributed by atoms with van der Waals surface area (Å²) in [6, 6.07) is 0. The van der Waals surface area contributed by atoms with Crippen LogP contribution in [0, 0.1) is 5.92 Å². The third-order valence-electron chi connectivity index (χ3n) is 0.832. The highest BCUT2D eigenvalue weighted by Gasteiger charge is 1.89.